The summed E-state index contributed by atoms with van der Waals surface area (Å²) in [7, 11) is 0. The third-order valence-corrected chi connectivity index (χ3v) is 5.17. The van der Waals surface area contributed by atoms with Crippen molar-refractivity contribution in [1.82, 2.24) is 26.2 Å². The summed E-state index contributed by atoms with van der Waals surface area (Å²) in [5.41, 5.74) is -2.34. The lowest BCUT2D eigenvalue weighted by Gasteiger charge is -2.24. The van der Waals surface area contributed by atoms with Gasteiger partial charge in [0.05, 0.1) is 0 Å². The van der Waals surface area contributed by atoms with Crippen LogP contribution in [0.3, 0.4) is 0 Å². The standard InChI is InChI=1S/C27H48N6O8/c1-17(34)33-15-13-18(16-33)29-20(35)19(30-22(36)39-25(2,3)4)12-11-14-28-21(31-23(37)40-26(5,6)7)32-24(38)41-27(8,9)10/h18-19H,11-16H2,1-10H3,(H,29,35)(H,30,36)(H2,28,31,32,37,38)/t18-,19+/m1/s1. The van der Waals surface area contributed by atoms with Crippen LogP contribution in [0, 0.1) is 0 Å². The minimum atomic E-state index is -0.942. The molecular weight excluding hydrogens is 536 g/mol. The second-order valence-corrected chi connectivity index (χ2v) is 12.8. The van der Waals surface area contributed by atoms with Crippen molar-refractivity contribution in [3.63, 3.8) is 0 Å². The second-order valence-electron chi connectivity index (χ2n) is 12.8. The van der Waals surface area contributed by atoms with Crippen LogP contribution < -0.4 is 21.3 Å². The number of ether oxygens (including phenoxy) is 3. The van der Waals surface area contributed by atoms with Crippen molar-refractivity contribution in [2.45, 2.75) is 117 Å². The zero-order valence-corrected chi connectivity index (χ0v) is 26.1. The van der Waals surface area contributed by atoms with Crippen molar-refractivity contribution in [1.29, 1.82) is 0 Å². The molecular formula is C27H48N6O8. The van der Waals surface area contributed by atoms with Crippen LogP contribution in [0.25, 0.3) is 0 Å². The quantitative estimate of drug-likeness (QED) is 0.152. The van der Waals surface area contributed by atoms with Crippen molar-refractivity contribution in [2.24, 2.45) is 4.99 Å². The van der Waals surface area contributed by atoms with Crippen LogP contribution in [0.2, 0.25) is 0 Å². The topological polar surface area (TPSA) is 177 Å². The molecule has 14 nitrogen and oxygen atoms in total. The Hall–Kier alpha value is -3.58. The second kappa shape index (κ2) is 14.9. The number of nitrogens with zero attached hydrogens (tertiary/aromatic N) is 2. The van der Waals surface area contributed by atoms with Gasteiger partial charge in [0, 0.05) is 32.6 Å². The van der Waals surface area contributed by atoms with Gasteiger partial charge in [0.15, 0.2) is 0 Å². The van der Waals surface area contributed by atoms with Crippen molar-refractivity contribution >= 4 is 36.1 Å². The lowest BCUT2D eigenvalue weighted by Crippen LogP contribution is -2.51. The van der Waals surface area contributed by atoms with Crippen LogP contribution in [-0.4, -0.2) is 89.5 Å². The molecule has 41 heavy (non-hydrogen) atoms. The molecule has 0 aromatic carbocycles. The summed E-state index contributed by atoms with van der Waals surface area (Å²) in [6.45, 7) is 17.8. The predicted octanol–water partition coefficient (Wildman–Crippen LogP) is 2.80. The van der Waals surface area contributed by atoms with Crippen LogP contribution in [0.5, 0.6) is 0 Å². The average molecular weight is 585 g/mol. The Morgan fingerprint density at radius 2 is 1.44 bits per heavy atom. The lowest BCUT2D eigenvalue weighted by atomic mass is 10.1. The van der Waals surface area contributed by atoms with Gasteiger partial charge in [0.25, 0.3) is 0 Å². The number of aliphatic imine (C=N–C) groups is 1. The molecule has 1 saturated heterocycles. The van der Waals surface area contributed by atoms with E-state index in [-0.39, 0.29) is 30.9 Å². The van der Waals surface area contributed by atoms with Crippen LogP contribution in [0.15, 0.2) is 4.99 Å². The van der Waals surface area contributed by atoms with Gasteiger partial charge in [0.2, 0.25) is 17.8 Å². The predicted molar refractivity (Wildman–Crippen MR) is 152 cm³/mol. The highest BCUT2D eigenvalue weighted by atomic mass is 16.6. The number of hydrogen-bond acceptors (Lipinski definition) is 8. The normalized spacial score (nSPS) is 16.8. The molecule has 1 aliphatic heterocycles. The fourth-order valence-corrected chi connectivity index (χ4v) is 3.59. The average Bonchev–Trinajstić information content (AvgIpc) is 3.20. The minimum absolute atomic E-state index is 0.0694. The first-order valence-electron chi connectivity index (χ1n) is 13.7. The summed E-state index contributed by atoms with van der Waals surface area (Å²) in [5, 5.41) is 10.7. The molecule has 0 aromatic heterocycles. The molecule has 14 heteroatoms. The highest BCUT2D eigenvalue weighted by Gasteiger charge is 2.30. The van der Waals surface area contributed by atoms with E-state index in [9.17, 15) is 24.0 Å². The van der Waals surface area contributed by atoms with E-state index in [2.05, 4.69) is 26.3 Å². The smallest absolute Gasteiger partial charge is 0.437 e. The van der Waals surface area contributed by atoms with Gasteiger partial charge in [-0.2, -0.15) is 0 Å². The van der Waals surface area contributed by atoms with Gasteiger partial charge >= 0.3 is 18.3 Å². The molecule has 2 atom stereocenters. The van der Waals surface area contributed by atoms with Crippen LogP contribution in [-0.2, 0) is 23.8 Å². The summed E-state index contributed by atoms with van der Waals surface area (Å²) < 4.78 is 15.8. The van der Waals surface area contributed by atoms with Gasteiger partial charge in [-0.15, -0.1) is 4.99 Å². The van der Waals surface area contributed by atoms with Gasteiger partial charge in [0.1, 0.15) is 22.8 Å². The van der Waals surface area contributed by atoms with Gasteiger partial charge in [-0.25, -0.2) is 14.4 Å². The molecule has 234 valence electrons. The summed E-state index contributed by atoms with van der Waals surface area (Å²) >= 11 is 0. The molecule has 0 aliphatic carbocycles. The monoisotopic (exact) mass is 584 g/mol. The number of likely N-dealkylation sites (tertiary alicyclic amines) is 1. The van der Waals surface area contributed by atoms with Crippen molar-refractivity contribution in [2.75, 3.05) is 19.6 Å². The summed E-state index contributed by atoms with van der Waals surface area (Å²) in [5.74, 6) is -0.675. The fraction of sp³-hybridized carbons (Fsp3) is 0.778. The zero-order valence-electron chi connectivity index (χ0n) is 26.1. The molecule has 0 radical (unpaired) electrons. The summed E-state index contributed by atoms with van der Waals surface area (Å²) in [4.78, 5) is 67.2. The lowest BCUT2D eigenvalue weighted by molar-refractivity contribution is -0.128. The number of alkyl carbamates (subject to hydrolysis) is 2. The first-order chi connectivity index (χ1) is 18.6. The maximum absolute atomic E-state index is 13.1. The highest BCUT2D eigenvalue weighted by molar-refractivity contribution is 5.98. The maximum Gasteiger partial charge on any atom is 0.437 e. The van der Waals surface area contributed by atoms with Crippen LogP contribution in [0.4, 0.5) is 14.4 Å². The molecule has 4 N–H and O–H groups in total. The van der Waals surface area contributed by atoms with Gasteiger partial charge in [-0.3, -0.25) is 14.9 Å². The SMILES string of the molecule is CC(=O)N1CC[C@@H](NC(=O)[C@H](CCCN/C(=N/C(=O)OC(C)(C)C)NC(=O)OC(C)(C)C)NC(=O)OC(C)(C)C)C1. The number of carbonyl (C=O) groups excluding carboxylic acids is 5. The maximum atomic E-state index is 13.1. The molecule has 5 amide bonds. The first kappa shape index (κ1) is 35.4. The zero-order chi connectivity index (χ0) is 31.6. The number of rotatable bonds is 7. The first-order valence-corrected chi connectivity index (χ1v) is 13.7. The largest absolute Gasteiger partial charge is 0.444 e. The van der Waals surface area contributed by atoms with E-state index in [1.807, 2.05) is 0 Å². The van der Waals surface area contributed by atoms with E-state index in [1.54, 1.807) is 67.2 Å². The Morgan fingerprint density at radius 3 is 1.95 bits per heavy atom. The Balaban J connectivity index is 2.89. The van der Waals surface area contributed by atoms with E-state index in [0.717, 1.165) is 0 Å². The van der Waals surface area contributed by atoms with Gasteiger partial charge in [-0.05, 0) is 81.6 Å². The van der Waals surface area contributed by atoms with E-state index in [0.29, 0.717) is 25.9 Å². The van der Waals surface area contributed by atoms with E-state index in [1.165, 1.54) is 6.92 Å². The van der Waals surface area contributed by atoms with Crippen molar-refractivity contribution < 1.29 is 38.2 Å². The molecule has 1 rings (SSSR count). The van der Waals surface area contributed by atoms with E-state index < -0.39 is 47.0 Å². The van der Waals surface area contributed by atoms with E-state index >= 15 is 0 Å². The molecule has 1 aliphatic rings. The summed E-state index contributed by atoms with van der Waals surface area (Å²) in [6.07, 6.45) is -1.38. The molecule has 0 unspecified atom stereocenters. The molecule has 1 heterocycles. The Morgan fingerprint density at radius 1 is 0.878 bits per heavy atom. The van der Waals surface area contributed by atoms with Gasteiger partial charge < -0.3 is 35.1 Å². The fourth-order valence-electron chi connectivity index (χ4n) is 3.59. The van der Waals surface area contributed by atoms with Crippen molar-refractivity contribution in [3.8, 4) is 0 Å². The highest BCUT2D eigenvalue weighted by Crippen LogP contribution is 2.12. The Bertz CT molecular complexity index is 978. The van der Waals surface area contributed by atoms with Crippen LogP contribution in [0.1, 0.15) is 88.5 Å². The number of nitrogens with one attached hydrogen (secondary N) is 4. The Labute approximate surface area is 242 Å². The molecule has 0 aromatic rings. The number of guanidine groups is 1. The Kier molecular flexibility index (Phi) is 12.9. The summed E-state index contributed by atoms with van der Waals surface area (Å²) in [6, 6.07) is -1.18. The number of carbonyl (C=O) groups is 5. The third kappa shape index (κ3) is 16.3. The molecule has 0 spiro atoms. The third-order valence-electron chi connectivity index (χ3n) is 5.17. The number of amides is 5. The number of hydrogen-bond donors (Lipinski definition) is 4. The van der Waals surface area contributed by atoms with Crippen LogP contribution >= 0.6 is 0 Å². The van der Waals surface area contributed by atoms with Gasteiger partial charge in [-0.1, -0.05) is 0 Å². The molecule has 0 saturated carbocycles. The molecule has 0 bridgehead atoms. The van der Waals surface area contributed by atoms with Crippen molar-refractivity contribution in [3.05, 3.63) is 0 Å². The molecule has 1 fully saturated rings. The van der Waals surface area contributed by atoms with E-state index in [4.69, 9.17) is 14.2 Å². The minimum Gasteiger partial charge on any atom is -0.444 e.